The van der Waals surface area contributed by atoms with Crippen molar-refractivity contribution in [2.24, 2.45) is 5.92 Å². The SMILES string of the molecule is C[C@@H]1C[C@H]1c1ccc(CN(CC(=O)N2CCN(S(=O)(=O)Cc3ccccc3)CC2)C2CC2)o1. The van der Waals surface area contributed by atoms with Crippen molar-refractivity contribution >= 4 is 15.9 Å². The third kappa shape index (κ3) is 5.50. The number of carbonyl (C=O) groups excluding carboxylic acids is 1. The highest BCUT2D eigenvalue weighted by Gasteiger charge is 2.37. The number of piperazine rings is 1. The van der Waals surface area contributed by atoms with Gasteiger partial charge in [-0.2, -0.15) is 4.31 Å². The maximum atomic E-state index is 13.0. The van der Waals surface area contributed by atoms with Crippen LogP contribution in [-0.4, -0.2) is 67.2 Å². The van der Waals surface area contributed by atoms with Crippen LogP contribution in [0, 0.1) is 5.92 Å². The average Bonchev–Trinajstić information content (AvgIpc) is 3.73. The number of hydrogen-bond donors (Lipinski definition) is 0. The molecule has 0 N–H and O–H groups in total. The summed E-state index contributed by atoms with van der Waals surface area (Å²) in [5.74, 6) is 3.35. The van der Waals surface area contributed by atoms with Crippen LogP contribution >= 0.6 is 0 Å². The quantitative estimate of drug-likeness (QED) is 0.562. The van der Waals surface area contributed by atoms with Gasteiger partial charge in [-0.3, -0.25) is 9.69 Å². The average molecular weight is 472 g/mol. The number of rotatable bonds is 9. The number of nitrogens with zero attached hydrogens (tertiary/aromatic N) is 3. The van der Waals surface area contributed by atoms with Crippen molar-refractivity contribution < 1.29 is 17.6 Å². The summed E-state index contributed by atoms with van der Waals surface area (Å²) in [5, 5.41) is 0. The van der Waals surface area contributed by atoms with E-state index in [2.05, 4.69) is 24.0 Å². The van der Waals surface area contributed by atoms with E-state index in [1.165, 1.54) is 10.7 Å². The van der Waals surface area contributed by atoms with Crippen LogP contribution < -0.4 is 0 Å². The van der Waals surface area contributed by atoms with Gasteiger partial charge in [-0.25, -0.2) is 8.42 Å². The van der Waals surface area contributed by atoms with Crippen molar-refractivity contribution in [3.05, 3.63) is 59.5 Å². The topological polar surface area (TPSA) is 74.1 Å². The second kappa shape index (κ2) is 9.24. The Hall–Kier alpha value is -2.16. The summed E-state index contributed by atoms with van der Waals surface area (Å²) in [6, 6.07) is 13.8. The van der Waals surface area contributed by atoms with Gasteiger partial charge in [-0.1, -0.05) is 37.3 Å². The van der Waals surface area contributed by atoms with Gasteiger partial charge >= 0.3 is 0 Å². The first-order chi connectivity index (χ1) is 15.9. The van der Waals surface area contributed by atoms with E-state index in [4.69, 9.17) is 4.42 Å². The minimum Gasteiger partial charge on any atom is -0.464 e. The molecule has 1 saturated heterocycles. The normalized spacial score (nSPS) is 23.8. The number of amides is 1. The molecule has 2 atom stereocenters. The molecule has 33 heavy (non-hydrogen) atoms. The molecule has 1 aliphatic heterocycles. The number of sulfonamides is 1. The van der Waals surface area contributed by atoms with Gasteiger partial charge in [-0.05, 0) is 42.9 Å². The standard InChI is InChI=1S/C25H33N3O4S/c1-19-15-23(19)24-10-9-22(32-24)16-27(21-7-8-21)17-25(29)26-11-13-28(14-12-26)33(30,31)18-20-5-3-2-4-6-20/h2-6,9-10,19,21,23H,7-8,11-18H2,1H3/t19-,23-/m1/s1. The molecule has 3 aliphatic rings. The first kappa shape index (κ1) is 22.6. The van der Waals surface area contributed by atoms with Crippen molar-refractivity contribution in [1.29, 1.82) is 0 Å². The Morgan fingerprint density at radius 1 is 1.06 bits per heavy atom. The zero-order valence-electron chi connectivity index (χ0n) is 19.2. The third-order valence-electron chi connectivity index (χ3n) is 7.09. The van der Waals surface area contributed by atoms with Gasteiger partial charge in [0.15, 0.2) is 0 Å². The van der Waals surface area contributed by atoms with Gasteiger partial charge in [0.1, 0.15) is 11.5 Å². The van der Waals surface area contributed by atoms with E-state index in [1.807, 2.05) is 35.2 Å². The van der Waals surface area contributed by atoms with Crippen molar-refractivity contribution in [2.75, 3.05) is 32.7 Å². The Morgan fingerprint density at radius 2 is 1.76 bits per heavy atom. The maximum absolute atomic E-state index is 13.0. The van der Waals surface area contributed by atoms with E-state index < -0.39 is 10.0 Å². The number of hydrogen-bond acceptors (Lipinski definition) is 5. The zero-order valence-corrected chi connectivity index (χ0v) is 20.0. The number of furan rings is 1. The van der Waals surface area contributed by atoms with Gasteiger partial charge < -0.3 is 9.32 Å². The Labute approximate surface area is 196 Å². The first-order valence-electron chi connectivity index (χ1n) is 12.0. The largest absolute Gasteiger partial charge is 0.464 e. The monoisotopic (exact) mass is 471 g/mol. The number of benzene rings is 1. The van der Waals surface area contributed by atoms with Crippen LogP contribution in [0.15, 0.2) is 46.9 Å². The lowest BCUT2D eigenvalue weighted by Gasteiger charge is -2.35. The molecule has 7 nitrogen and oxygen atoms in total. The highest BCUT2D eigenvalue weighted by atomic mass is 32.2. The second-order valence-corrected chi connectivity index (χ2v) is 11.8. The van der Waals surface area contributed by atoms with Crippen LogP contribution in [0.5, 0.6) is 0 Å². The predicted molar refractivity (Wildman–Crippen MR) is 126 cm³/mol. The second-order valence-electron chi connectivity index (χ2n) is 9.78. The van der Waals surface area contributed by atoms with Crippen LogP contribution in [0.3, 0.4) is 0 Å². The molecule has 0 bridgehead atoms. The highest BCUT2D eigenvalue weighted by Crippen LogP contribution is 2.47. The zero-order chi connectivity index (χ0) is 23.0. The molecule has 1 amide bonds. The maximum Gasteiger partial charge on any atom is 0.236 e. The van der Waals surface area contributed by atoms with E-state index in [0.29, 0.717) is 57.1 Å². The van der Waals surface area contributed by atoms with Gasteiger partial charge in [0.2, 0.25) is 15.9 Å². The summed E-state index contributed by atoms with van der Waals surface area (Å²) < 4.78 is 33.2. The molecule has 8 heteroatoms. The van der Waals surface area contributed by atoms with E-state index >= 15 is 0 Å². The highest BCUT2D eigenvalue weighted by molar-refractivity contribution is 7.88. The lowest BCUT2D eigenvalue weighted by Crippen LogP contribution is -2.52. The van der Waals surface area contributed by atoms with Crippen molar-refractivity contribution in [2.45, 2.75) is 50.4 Å². The Kier molecular flexibility index (Phi) is 6.33. The molecule has 5 rings (SSSR count). The molecule has 2 aromatic rings. The fourth-order valence-corrected chi connectivity index (χ4v) is 6.23. The van der Waals surface area contributed by atoms with E-state index in [9.17, 15) is 13.2 Å². The smallest absolute Gasteiger partial charge is 0.236 e. The molecule has 2 saturated carbocycles. The third-order valence-corrected chi connectivity index (χ3v) is 8.94. The number of carbonyl (C=O) groups is 1. The Morgan fingerprint density at radius 3 is 2.39 bits per heavy atom. The lowest BCUT2D eigenvalue weighted by molar-refractivity contribution is -0.134. The molecular formula is C25H33N3O4S. The fourth-order valence-electron chi connectivity index (χ4n) is 4.72. The van der Waals surface area contributed by atoms with Crippen molar-refractivity contribution in [3.63, 3.8) is 0 Å². The first-order valence-corrected chi connectivity index (χ1v) is 13.6. The molecule has 1 aromatic carbocycles. The van der Waals surface area contributed by atoms with Crippen LogP contribution in [0.4, 0.5) is 0 Å². The Bertz CT molecular complexity index is 1070. The van der Waals surface area contributed by atoms with Crippen LogP contribution in [-0.2, 0) is 27.1 Å². The Balaban J connectivity index is 1.13. The molecular weight excluding hydrogens is 438 g/mol. The lowest BCUT2D eigenvalue weighted by atomic mass is 10.2. The minimum absolute atomic E-state index is 0.00200. The van der Waals surface area contributed by atoms with E-state index in [-0.39, 0.29) is 11.7 Å². The van der Waals surface area contributed by atoms with Crippen LogP contribution in [0.2, 0.25) is 0 Å². The van der Waals surface area contributed by atoms with Gasteiger partial charge in [0, 0.05) is 38.1 Å². The van der Waals surface area contributed by atoms with Crippen LogP contribution in [0.1, 0.15) is 49.2 Å². The molecule has 0 unspecified atom stereocenters. The molecule has 2 heterocycles. The molecule has 178 valence electrons. The summed E-state index contributed by atoms with van der Waals surface area (Å²) in [6.07, 6.45) is 3.43. The fraction of sp³-hybridized carbons (Fsp3) is 0.560. The predicted octanol–water partition coefficient (Wildman–Crippen LogP) is 3.04. The summed E-state index contributed by atoms with van der Waals surface area (Å²) in [7, 11) is -3.38. The summed E-state index contributed by atoms with van der Waals surface area (Å²) >= 11 is 0. The van der Waals surface area contributed by atoms with Crippen LogP contribution in [0.25, 0.3) is 0 Å². The van der Waals surface area contributed by atoms with E-state index in [0.717, 1.165) is 29.9 Å². The molecule has 1 aromatic heterocycles. The van der Waals surface area contributed by atoms with Gasteiger partial charge in [-0.15, -0.1) is 0 Å². The molecule has 0 spiro atoms. The van der Waals surface area contributed by atoms with E-state index in [1.54, 1.807) is 0 Å². The molecule has 3 fully saturated rings. The van der Waals surface area contributed by atoms with Crippen molar-refractivity contribution in [3.8, 4) is 0 Å². The molecule has 2 aliphatic carbocycles. The summed E-state index contributed by atoms with van der Waals surface area (Å²) in [6.45, 7) is 4.84. The molecule has 0 radical (unpaired) electrons. The summed E-state index contributed by atoms with van der Waals surface area (Å²) in [4.78, 5) is 17.1. The van der Waals surface area contributed by atoms with Gasteiger partial charge in [0.05, 0.1) is 18.8 Å². The summed E-state index contributed by atoms with van der Waals surface area (Å²) in [5.41, 5.74) is 0.785. The minimum atomic E-state index is -3.38. The van der Waals surface area contributed by atoms with Crippen molar-refractivity contribution in [1.82, 2.24) is 14.1 Å². The van der Waals surface area contributed by atoms with Gasteiger partial charge in [0.25, 0.3) is 0 Å².